The number of allylic oxidation sites excluding steroid dienone is 1. The number of carbonyl (C=O) groups is 2. The van der Waals surface area contributed by atoms with E-state index in [4.69, 9.17) is 9.47 Å². The molecule has 0 radical (unpaired) electrons. The molecule has 3 fully saturated rings. The molecule has 4 nitrogen and oxygen atoms in total. The molecule has 0 aromatic carbocycles. The summed E-state index contributed by atoms with van der Waals surface area (Å²) in [6.45, 7) is 5.28. The molecule has 0 aromatic heterocycles. The predicted molar refractivity (Wildman–Crippen MR) is 103 cm³/mol. The van der Waals surface area contributed by atoms with Crippen molar-refractivity contribution in [2.45, 2.75) is 90.8 Å². The van der Waals surface area contributed by atoms with Crippen LogP contribution in [0.15, 0.2) is 11.6 Å². The first-order valence-corrected chi connectivity index (χ1v) is 11.0. The summed E-state index contributed by atoms with van der Waals surface area (Å²) >= 11 is 0. The number of carbonyl (C=O) groups excluding carboxylic acids is 2. The normalized spacial score (nSPS) is 43.0. The fourth-order valence-electron chi connectivity index (χ4n) is 7.36. The Bertz CT molecular complexity index is 638. The monoisotopic (exact) mass is 374 g/mol. The van der Waals surface area contributed by atoms with Crippen LogP contribution in [0.4, 0.5) is 0 Å². The van der Waals surface area contributed by atoms with Crippen LogP contribution in [0.2, 0.25) is 0 Å². The van der Waals surface area contributed by atoms with Crippen molar-refractivity contribution in [1.29, 1.82) is 0 Å². The lowest BCUT2D eigenvalue weighted by molar-refractivity contribution is -0.176. The Kier molecular flexibility index (Phi) is 5.11. The van der Waals surface area contributed by atoms with E-state index in [2.05, 4.69) is 13.0 Å². The van der Waals surface area contributed by atoms with Crippen LogP contribution in [0.1, 0.15) is 78.6 Å². The second-order valence-electron chi connectivity index (χ2n) is 9.32. The molecule has 0 N–H and O–H groups in total. The predicted octanol–water partition coefficient (Wildman–Crippen LogP) is 4.81. The summed E-state index contributed by atoms with van der Waals surface area (Å²) < 4.78 is 11.8. The quantitative estimate of drug-likeness (QED) is 0.525. The van der Waals surface area contributed by atoms with Crippen molar-refractivity contribution in [2.24, 2.45) is 29.1 Å². The van der Waals surface area contributed by atoms with Gasteiger partial charge in [-0.25, -0.2) is 0 Å². The highest BCUT2D eigenvalue weighted by Gasteiger charge is 2.62. The molecule has 0 aromatic rings. The van der Waals surface area contributed by atoms with Gasteiger partial charge in [0, 0.05) is 25.2 Å². The van der Waals surface area contributed by atoms with Crippen LogP contribution in [0.5, 0.6) is 0 Å². The van der Waals surface area contributed by atoms with Gasteiger partial charge >= 0.3 is 11.9 Å². The Balaban J connectivity index is 1.72. The van der Waals surface area contributed by atoms with Crippen LogP contribution in [0.25, 0.3) is 0 Å². The standard InChI is InChI=1S/C23H34O4/c1-4-23-13-20(26-14(2)24)22-17-8-6-5-7-16(17)9-10-18(22)19(23)11-12-21(23)27-15(3)25/h8,16,18-22H,4-7,9-13H2,1-3H3/t16?,18-,19-,20+,21-,22+,23-/m0/s1. The molecule has 0 amide bonds. The lowest BCUT2D eigenvalue weighted by atomic mass is 9.51. The van der Waals surface area contributed by atoms with Crippen molar-refractivity contribution in [1.82, 2.24) is 0 Å². The summed E-state index contributed by atoms with van der Waals surface area (Å²) in [5.74, 6) is 1.85. The van der Waals surface area contributed by atoms with Gasteiger partial charge < -0.3 is 9.47 Å². The molecule has 27 heavy (non-hydrogen) atoms. The van der Waals surface area contributed by atoms with Gasteiger partial charge in [0.05, 0.1) is 0 Å². The Morgan fingerprint density at radius 1 is 1.07 bits per heavy atom. The van der Waals surface area contributed by atoms with Crippen LogP contribution >= 0.6 is 0 Å². The van der Waals surface area contributed by atoms with Gasteiger partial charge in [-0.15, -0.1) is 0 Å². The number of esters is 2. The summed E-state index contributed by atoms with van der Waals surface area (Å²) in [6, 6.07) is 0. The van der Waals surface area contributed by atoms with E-state index >= 15 is 0 Å². The van der Waals surface area contributed by atoms with E-state index in [0.29, 0.717) is 23.7 Å². The maximum Gasteiger partial charge on any atom is 0.302 e. The number of fused-ring (bicyclic) bond motifs is 5. The van der Waals surface area contributed by atoms with Crippen molar-refractivity contribution < 1.29 is 19.1 Å². The minimum Gasteiger partial charge on any atom is -0.462 e. The van der Waals surface area contributed by atoms with Gasteiger partial charge in [0.25, 0.3) is 0 Å². The summed E-state index contributed by atoms with van der Waals surface area (Å²) in [7, 11) is 0. The zero-order valence-electron chi connectivity index (χ0n) is 17.0. The van der Waals surface area contributed by atoms with Gasteiger partial charge in [0.2, 0.25) is 0 Å². The van der Waals surface area contributed by atoms with Crippen LogP contribution in [0.3, 0.4) is 0 Å². The molecule has 0 aliphatic heterocycles. The van der Waals surface area contributed by atoms with Crippen LogP contribution in [-0.4, -0.2) is 24.1 Å². The summed E-state index contributed by atoms with van der Waals surface area (Å²) in [5.41, 5.74) is 1.55. The van der Waals surface area contributed by atoms with E-state index in [1.165, 1.54) is 46.0 Å². The van der Waals surface area contributed by atoms with Gasteiger partial charge in [-0.3, -0.25) is 9.59 Å². The molecule has 4 heteroatoms. The van der Waals surface area contributed by atoms with Gasteiger partial charge in [0.1, 0.15) is 12.2 Å². The van der Waals surface area contributed by atoms with E-state index in [1.807, 2.05) is 0 Å². The van der Waals surface area contributed by atoms with Crippen LogP contribution in [-0.2, 0) is 19.1 Å². The first-order valence-electron chi connectivity index (χ1n) is 11.0. The van der Waals surface area contributed by atoms with Crippen molar-refractivity contribution in [3.05, 3.63) is 11.6 Å². The van der Waals surface area contributed by atoms with E-state index in [0.717, 1.165) is 25.7 Å². The minimum absolute atomic E-state index is 0.0259. The van der Waals surface area contributed by atoms with E-state index in [-0.39, 0.29) is 29.6 Å². The average Bonchev–Trinajstić information content (AvgIpc) is 2.99. The van der Waals surface area contributed by atoms with E-state index in [9.17, 15) is 9.59 Å². The fourth-order valence-corrected chi connectivity index (χ4v) is 7.36. The molecular formula is C23H34O4. The molecule has 0 saturated heterocycles. The molecule has 0 bridgehead atoms. The average molecular weight is 375 g/mol. The van der Waals surface area contributed by atoms with Gasteiger partial charge in [-0.05, 0) is 75.5 Å². The zero-order chi connectivity index (χ0) is 19.2. The second kappa shape index (κ2) is 7.25. The second-order valence-corrected chi connectivity index (χ2v) is 9.32. The smallest absolute Gasteiger partial charge is 0.302 e. The number of hydrogen-bond donors (Lipinski definition) is 0. The van der Waals surface area contributed by atoms with Crippen molar-refractivity contribution in [3.63, 3.8) is 0 Å². The van der Waals surface area contributed by atoms with E-state index < -0.39 is 0 Å². The first kappa shape index (κ1) is 19.0. The summed E-state index contributed by atoms with van der Waals surface area (Å²) in [5, 5.41) is 0. The third-order valence-corrected chi connectivity index (χ3v) is 8.20. The molecule has 1 unspecified atom stereocenters. The Morgan fingerprint density at radius 2 is 1.85 bits per heavy atom. The molecule has 4 aliphatic rings. The number of ether oxygens (including phenoxy) is 2. The third-order valence-electron chi connectivity index (χ3n) is 8.20. The minimum atomic E-state index is -0.182. The van der Waals surface area contributed by atoms with Crippen LogP contribution < -0.4 is 0 Å². The SMILES string of the molecule is CC[C@]12C[C@@H](OC(C)=O)[C@@H]3C4=CCCCC4CC[C@H]3[C@@H]1CC[C@@H]2OC(C)=O. The maximum atomic E-state index is 12.0. The van der Waals surface area contributed by atoms with Gasteiger partial charge in [-0.2, -0.15) is 0 Å². The Hall–Kier alpha value is -1.32. The summed E-state index contributed by atoms with van der Waals surface area (Å²) in [6.07, 6.45) is 12.6. The zero-order valence-corrected chi connectivity index (χ0v) is 17.0. The van der Waals surface area contributed by atoms with Crippen molar-refractivity contribution in [3.8, 4) is 0 Å². The lowest BCUT2D eigenvalue weighted by Crippen LogP contribution is -2.55. The van der Waals surface area contributed by atoms with E-state index in [1.54, 1.807) is 5.57 Å². The first-order chi connectivity index (χ1) is 13.0. The highest BCUT2D eigenvalue weighted by atomic mass is 16.5. The maximum absolute atomic E-state index is 12.0. The topological polar surface area (TPSA) is 52.6 Å². The molecule has 3 saturated carbocycles. The van der Waals surface area contributed by atoms with Crippen LogP contribution in [0, 0.1) is 29.1 Å². The largest absolute Gasteiger partial charge is 0.462 e. The molecule has 0 heterocycles. The molecule has 7 atom stereocenters. The van der Waals surface area contributed by atoms with Gasteiger partial charge in [-0.1, -0.05) is 18.6 Å². The molecule has 0 spiro atoms. The van der Waals surface area contributed by atoms with Gasteiger partial charge in [0.15, 0.2) is 0 Å². The van der Waals surface area contributed by atoms with Crippen molar-refractivity contribution >= 4 is 11.9 Å². The fraction of sp³-hybridized carbons (Fsp3) is 0.826. The highest BCUT2D eigenvalue weighted by molar-refractivity contribution is 5.66. The molecule has 150 valence electrons. The number of rotatable bonds is 3. The molecule has 4 aliphatic carbocycles. The molecule has 4 rings (SSSR count). The number of hydrogen-bond acceptors (Lipinski definition) is 4. The Labute approximate surface area is 163 Å². The summed E-state index contributed by atoms with van der Waals surface area (Å²) in [4.78, 5) is 23.7. The third kappa shape index (κ3) is 3.13. The highest BCUT2D eigenvalue weighted by Crippen LogP contribution is 2.64. The Morgan fingerprint density at radius 3 is 2.56 bits per heavy atom. The van der Waals surface area contributed by atoms with Crippen molar-refractivity contribution in [2.75, 3.05) is 0 Å². The lowest BCUT2D eigenvalue weighted by Gasteiger charge is -2.56. The molecular weight excluding hydrogens is 340 g/mol.